The number of anilines is 1. The van der Waals surface area contributed by atoms with E-state index in [4.69, 9.17) is 5.10 Å². The third-order valence-electron chi connectivity index (χ3n) is 5.11. The van der Waals surface area contributed by atoms with Crippen molar-refractivity contribution in [1.29, 1.82) is 0 Å². The highest BCUT2D eigenvalue weighted by atomic mass is 16.1. The largest absolute Gasteiger partial charge is 0.310 e. The fraction of sp³-hybridized carbons (Fsp3) is 0.444. The van der Waals surface area contributed by atoms with E-state index in [1.165, 1.54) is 31.2 Å². The molecule has 114 valence electrons. The molecular weight excluding hydrogens is 274 g/mol. The minimum atomic E-state index is 0.126. The van der Waals surface area contributed by atoms with Crippen LogP contribution in [0.25, 0.3) is 5.69 Å². The van der Waals surface area contributed by atoms with Crippen molar-refractivity contribution in [2.45, 2.75) is 44.9 Å². The summed E-state index contributed by atoms with van der Waals surface area (Å²) >= 11 is 0. The van der Waals surface area contributed by atoms with Crippen LogP contribution in [0.1, 0.15) is 49.3 Å². The number of hydrogen-bond donors (Lipinski definition) is 1. The van der Waals surface area contributed by atoms with Gasteiger partial charge in [-0.1, -0.05) is 31.0 Å². The number of fused-ring (bicyclic) bond motifs is 1. The number of benzene rings is 1. The van der Waals surface area contributed by atoms with Crippen molar-refractivity contribution >= 4 is 11.7 Å². The molecule has 1 aliphatic heterocycles. The van der Waals surface area contributed by atoms with Crippen molar-refractivity contribution in [1.82, 2.24) is 9.78 Å². The maximum absolute atomic E-state index is 12.2. The second-order valence-corrected chi connectivity index (χ2v) is 6.50. The van der Waals surface area contributed by atoms with E-state index in [1.807, 2.05) is 35.0 Å². The minimum absolute atomic E-state index is 0.126. The second kappa shape index (κ2) is 5.27. The third-order valence-corrected chi connectivity index (χ3v) is 5.11. The van der Waals surface area contributed by atoms with Gasteiger partial charge >= 0.3 is 0 Å². The summed E-state index contributed by atoms with van der Waals surface area (Å²) in [5.74, 6) is 1.99. The topological polar surface area (TPSA) is 46.9 Å². The fourth-order valence-electron chi connectivity index (χ4n) is 4.11. The van der Waals surface area contributed by atoms with Gasteiger partial charge in [0.25, 0.3) is 0 Å². The van der Waals surface area contributed by atoms with Gasteiger partial charge in [-0.3, -0.25) is 4.79 Å². The van der Waals surface area contributed by atoms with Gasteiger partial charge in [0, 0.05) is 17.9 Å². The van der Waals surface area contributed by atoms with E-state index in [1.54, 1.807) is 0 Å². The summed E-state index contributed by atoms with van der Waals surface area (Å²) in [7, 11) is 0. The Labute approximate surface area is 130 Å². The summed E-state index contributed by atoms with van der Waals surface area (Å²) in [5.41, 5.74) is 3.31. The lowest BCUT2D eigenvalue weighted by atomic mass is 9.80. The highest BCUT2D eigenvalue weighted by Gasteiger charge is 2.37. The molecule has 2 aromatic rings. The van der Waals surface area contributed by atoms with Crippen LogP contribution in [0.5, 0.6) is 0 Å². The maximum atomic E-state index is 12.2. The highest BCUT2D eigenvalue weighted by molar-refractivity contribution is 5.94. The molecule has 22 heavy (non-hydrogen) atoms. The molecule has 1 N–H and O–H groups in total. The molecule has 1 amide bonds. The van der Waals surface area contributed by atoms with Crippen molar-refractivity contribution in [2.24, 2.45) is 5.92 Å². The second-order valence-electron chi connectivity index (χ2n) is 6.50. The first-order chi connectivity index (χ1) is 10.7. The Balaban J connectivity index is 1.82. The lowest BCUT2D eigenvalue weighted by Gasteiger charge is -2.28. The molecule has 1 aromatic heterocycles. The predicted molar refractivity (Wildman–Crippen MR) is 86.2 cm³/mol. The molecule has 2 aliphatic rings. The van der Waals surface area contributed by atoms with Crippen molar-refractivity contribution in [3.63, 3.8) is 0 Å². The molecule has 0 saturated heterocycles. The fourth-order valence-corrected chi connectivity index (χ4v) is 4.11. The van der Waals surface area contributed by atoms with Gasteiger partial charge < -0.3 is 5.32 Å². The standard InChI is InChI=1S/C18H21N3O/c1-12-17-15(13-7-5-6-8-13)11-16(22)19-18(17)21(20-12)14-9-3-2-4-10-14/h2-4,9-10,13,15H,5-8,11H2,1H3,(H,19,22). The lowest BCUT2D eigenvalue weighted by molar-refractivity contribution is -0.117. The average molecular weight is 295 g/mol. The smallest absolute Gasteiger partial charge is 0.226 e. The first-order valence-electron chi connectivity index (χ1n) is 8.19. The van der Waals surface area contributed by atoms with Crippen LogP contribution in [0.15, 0.2) is 30.3 Å². The zero-order chi connectivity index (χ0) is 15.1. The van der Waals surface area contributed by atoms with E-state index in [9.17, 15) is 4.79 Å². The van der Waals surface area contributed by atoms with Gasteiger partial charge in [-0.05, 0) is 37.8 Å². The van der Waals surface area contributed by atoms with Gasteiger partial charge in [-0.2, -0.15) is 5.10 Å². The Morgan fingerprint density at radius 2 is 1.91 bits per heavy atom. The van der Waals surface area contributed by atoms with Crippen LogP contribution in [0, 0.1) is 12.8 Å². The minimum Gasteiger partial charge on any atom is -0.310 e. The summed E-state index contributed by atoms with van der Waals surface area (Å²) in [6.45, 7) is 2.07. The lowest BCUT2D eigenvalue weighted by Crippen LogP contribution is -2.27. The first kappa shape index (κ1) is 13.6. The monoisotopic (exact) mass is 295 g/mol. The summed E-state index contributed by atoms with van der Waals surface area (Å²) in [6.07, 6.45) is 5.69. The number of hydrogen-bond acceptors (Lipinski definition) is 2. The number of carbonyl (C=O) groups excluding carboxylic acids is 1. The molecule has 0 spiro atoms. The Kier molecular flexibility index (Phi) is 3.25. The van der Waals surface area contributed by atoms with Crippen molar-refractivity contribution in [3.05, 3.63) is 41.6 Å². The van der Waals surface area contributed by atoms with Gasteiger partial charge in [0.15, 0.2) is 0 Å². The van der Waals surface area contributed by atoms with E-state index < -0.39 is 0 Å². The number of carbonyl (C=O) groups is 1. The van der Waals surface area contributed by atoms with Crippen LogP contribution >= 0.6 is 0 Å². The Morgan fingerprint density at radius 1 is 1.18 bits per heavy atom. The summed E-state index contributed by atoms with van der Waals surface area (Å²) in [6, 6.07) is 10.0. The molecule has 0 radical (unpaired) electrons. The van der Waals surface area contributed by atoms with Gasteiger partial charge in [0.1, 0.15) is 5.82 Å². The Morgan fingerprint density at radius 3 is 2.64 bits per heavy atom. The number of nitrogens with one attached hydrogen (secondary N) is 1. The molecule has 1 saturated carbocycles. The number of rotatable bonds is 2. The third kappa shape index (κ3) is 2.14. The summed E-state index contributed by atoms with van der Waals surface area (Å²) in [5, 5.41) is 7.78. The molecule has 0 bridgehead atoms. The molecule has 1 aliphatic carbocycles. The summed E-state index contributed by atoms with van der Waals surface area (Å²) in [4.78, 5) is 12.2. The molecular formula is C18H21N3O. The van der Waals surface area contributed by atoms with E-state index in [-0.39, 0.29) is 5.91 Å². The molecule has 4 nitrogen and oxygen atoms in total. The van der Waals surface area contributed by atoms with Crippen LogP contribution in [-0.2, 0) is 4.79 Å². The zero-order valence-electron chi connectivity index (χ0n) is 12.9. The van der Waals surface area contributed by atoms with E-state index in [0.717, 1.165) is 17.2 Å². The quantitative estimate of drug-likeness (QED) is 0.916. The van der Waals surface area contributed by atoms with Gasteiger partial charge in [0.05, 0.1) is 11.4 Å². The number of nitrogens with zero attached hydrogens (tertiary/aromatic N) is 2. The number of aromatic nitrogens is 2. The summed E-state index contributed by atoms with van der Waals surface area (Å²) < 4.78 is 1.89. The first-order valence-corrected chi connectivity index (χ1v) is 8.19. The van der Waals surface area contributed by atoms with Crippen LogP contribution < -0.4 is 5.32 Å². The average Bonchev–Trinajstić information content (AvgIpc) is 3.16. The number of para-hydroxylation sites is 1. The van der Waals surface area contributed by atoms with E-state index in [2.05, 4.69) is 12.2 Å². The molecule has 4 rings (SSSR count). The molecule has 1 aromatic carbocycles. The van der Waals surface area contributed by atoms with Crippen LogP contribution in [0.4, 0.5) is 5.82 Å². The highest BCUT2D eigenvalue weighted by Crippen LogP contribution is 2.45. The van der Waals surface area contributed by atoms with Crippen molar-refractivity contribution in [3.8, 4) is 5.69 Å². The Hall–Kier alpha value is -2.10. The van der Waals surface area contributed by atoms with Crippen LogP contribution in [0.2, 0.25) is 0 Å². The van der Waals surface area contributed by atoms with E-state index in [0.29, 0.717) is 18.3 Å². The van der Waals surface area contributed by atoms with Crippen LogP contribution in [0.3, 0.4) is 0 Å². The zero-order valence-corrected chi connectivity index (χ0v) is 12.9. The van der Waals surface area contributed by atoms with Crippen LogP contribution in [-0.4, -0.2) is 15.7 Å². The molecule has 2 heterocycles. The van der Waals surface area contributed by atoms with Gasteiger partial charge in [-0.15, -0.1) is 0 Å². The maximum Gasteiger partial charge on any atom is 0.226 e. The van der Waals surface area contributed by atoms with Crippen molar-refractivity contribution < 1.29 is 4.79 Å². The van der Waals surface area contributed by atoms with Gasteiger partial charge in [-0.25, -0.2) is 4.68 Å². The van der Waals surface area contributed by atoms with Gasteiger partial charge in [0.2, 0.25) is 5.91 Å². The normalized spacial score (nSPS) is 21.7. The molecule has 1 unspecified atom stereocenters. The number of aryl methyl sites for hydroxylation is 1. The Bertz CT molecular complexity index is 699. The SMILES string of the molecule is Cc1nn(-c2ccccc2)c2c1C(C1CCCC1)CC(=O)N2. The predicted octanol–water partition coefficient (Wildman–Crippen LogP) is 3.80. The van der Waals surface area contributed by atoms with Crippen molar-refractivity contribution in [2.75, 3.05) is 5.32 Å². The van der Waals surface area contributed by atoms with E-state index >= 15 is 0 Å². The molecule has 1 fully saturated rings. The molecule has 4 heteroatoms. The molecule has 1 atom stereocenters. The number of amides is 1.